The molecule has 6 aromatic rings. The van der Waals surface area contributed by atoms with E-state index in [2.05, 4.69) is 20.2 Å². The van der Waals surface area contributed by atoms with Crippen LogP contribution in [0.2, 0.25) is 0 Å². The summed E-state index contributed by atoms with van der Waals surface area (Å²) in [6.07, 6.45) is 4.07. The minimum absolute atomic E-state index is 0. The number of aromatic nitrogens is 6. The van der Waals surface area contributed by atoms with E-state index >= 15 is 0 Å². The maximum atomic E-state index is 12.4. The molecule has 14 nitrogen and oxygen atoms in total. The van der Waals surface area contributed by atoms with Crippen LogP contribution >= 0.6 is 0 Å². The second kappa shape index (κ2) is 20.0. The molecule has 0 aliphatic carbocycles. The minimum atomic E-state index is -1.34. The number of aliphatic hydroxyl groups excluding tert-OH is 1. The van der Waals surface area contributed by atoms with Crippen LogP contribution in [0.15, 0.2) is 90.2 Å². The van der Waals surface area contributed by atoms with Gasteiger partial charge in [-0.3, -0.25) is 14.4 Å². The summed E-state index contributed by atoms with van der Waals surface area (Å²) >= 11 is 0. The number of benzene rings is 2. The van der Waals surface area contributed by atoms with Crippen molar-refractivity contribution in [2.75, 3.05) is 0 Å². The van der Waals surface area contributed by atoms with E-state index in [1.54, 1.807) is 0 Å². The number of ketones is 1. The predicted octanol–water partition coefficient (Wildman–Crippen LogP) is -4.57. The molecular formula is C36H32N6Na2O8. The number of pyridine rings is 2. The third-order valence-corrected chi connectivity index (χ3v) is 7.90. The zero-order chi connectivity index (χ0) is 35.6. The molecule has 4 heterocycles. The second-order valence-electron chi connectivity index (χ2n) is 11.3. The predicted molar refractivity (Wildman–Crippen MR) is 176 cm³/mol. The van der Waals surface area contributed by atoms with E-state index in [1.807, 2.05) is 60.7 Å². The molecule has 0 aliphatic heterocycles. The summed E-state index contributed by atoms with van der Waals surface area (Å²) in [5.74, 6) is -3.69. The molecule has 0 radical (unpaired) electrons. The number of hydrogen-bond donors (Lipinski definition) is 2. The molecule has 0 fully saturated rings. The van der Waals surface area contributed by atoms with Gasteiger partial charge in [0.15, 0.2) is 22.5 Å². The third-order valence-electron chi connectivity index (χ3n) is 7.90. The van der Waals surface area contributed by atoms with Crippen LogP contribution in [-0.2, 0) is 35.3 Å². The van der Waals surface area contributed by atoms with Crippen LogP contribution in [0.4, 0.5) is 0 Å². The number of carboxylic acid groups (broad SMARTS) is 2. The van der Waals surface area contributed by atoms with E-state index in [0.717, 1.165) is 17.5 Å². The van der Waals surface area contributed by atoms with Gasteiger partial charge in [-0.25, -0.2) is 19.0 Å². The summed E-state index contributed by atoms with van der Waals surface area (Å²) in [6, 6.07) is 22.5. The van der Waals surface area contributed by atoms with Crippen molar-refractivity contribution in [2.45, 2.75) is 51.4 Å². The number of rotatable bonds is 13. The van der Waals surface area contributed by atoms with Crippen molar-refractivity contribution < 1.29 is 93.9 Å². The molecule has 16 heteroatoms. The molecule has 4 aromatic heterocycles. The van der Waals surface area contributed by atoms with Gasteiger partial charge in [-0.2, -0.15) is 10.2 Å². The van der Waals surface area contributed by atoms with Crippen molar-refractivity contribution in [3.63, 3.8) is 0 Å². The Kier molecular flexibility index (Phi) is 16.1. The summed E-state index contributed by atoms with van der Waals surface area (Å²) in [4.78, 5) is 53.9. The maximum Gasteiger partial charge on any atom is 1.00 e. The molecule has 0 bridgehead atoms. The van der Waals surface area contributed by atoms with Gasteiger partial charge in [0, 0.05) is 36.3 Å². The molecular weight excluding hydrogens is 690 g/mol. The first-order valence-corrected chi connectivity index (χ1v) is 15.8. The Bertz CT molecular complexity index is 2260. The van der Waals surface area contributed by atoms with Crippen molar-refractivity contribution in [1.82, 2.24) is 29.2 Å². The number of aliphatic carboxylic acids is 2. The monoisotopic (exact) mass is 722 g/mol. The molecule has 2 aromatic carbocycles. The maximum absolute atomic E-state index is 12.4. The molecule has 256 valence electrons. The molecule has 0 aliphatic rings. The molecule has 2 N–H and O–H groups in total. The van der Waals surface area contributed by atoms with Crippen LogP contribution in [0.3, 0.4) is 0 Å². The summed E-state index contributed by atoms with van der Waals surface area (Å²) < 4.78 is 2.99. The number of fused-ring (bicyclic) bond motifs is 2. The third kappa shape index (κ3) is 10.8. The Morgan fingerprint density at radius 3 is 1.73 bits per heavy atom. The largest absolute Gasteiger partial charge is 1.00 e. The molecule has 0 spiro atoms. The Labute approximate surface area is 341 Å². The van der Waals surface area contributed by atoms with Crippen molar-refractivity contribution in [3.8, 4) is 5.75 Å². The summed E-state index contributed by atoms with van der Waals surface area (Å²) in [5.41, 5.74) is 3.51. The van der Waals surface area contributed by atoms with Crippen LogP contribution < -0.4 is 80.0 Å². The number of carboxylic acids is 2. The van der Waals surface area contributed by atoms with Gasteiger partial charge in [0.1, 0.15) is 23.6 Å². The van der Waals surface area contributed by atoms with Crippen molar-refractivity contribution in [2.24, 2.45) is 0 Å². The van der Waals surface area contributed by atoms with Gasteiger partial charge >= 0.3 is 65.1 Å². The summed E-state index contributed by atoms with van der Waals surface area (Å²) in [5, 5.41) is 50.0. The van der Waals surface area contributed by atoms with E-state index in [4.69, 9.17) is 5.11 Å². The zero-order valence-corrected chi connectivity index (χ0v) is 32.8. The quantitative estimate of drug-likeness (QED) is 0.0852. The Morgan fingerprint density at radius 2 is 1.19 bits per heavy atom. The molecule has 0 atom stereocenters. The second-order valence-corrected chi connectivity index (χ2v) is 11.3. The number of aliphatic hydroxyl groups is 1. The van der Waals surface area contributed by atoms with Crippen molar-refractivity contribution in [1.29, 1.82) is 0 Å². The van der Waals surface area contributed by atoms with Crippen molar-refractivity contribution >= 4 is 34.8 Å². The number of carbonyl (C=O) groups is 3. The minimum Gasteiger partial charge on any atom is -0.872 e. The van der Waals surface area contributed by atoms with Gasteiger partial charge in [-0.05, 0) is 49.3 Å². The van der Waals surface area contributed by atoms with E-state index in [0.29, 0.717) is 30.7 Å². The normalized spacial score (nSPS) is 11.2. The van der Waals surface area contributed by atoms with Crippen LogP contribution in [0.25, 0.3) is 17.1 Å². The standard InChI is InChI=1S/2C18H17N3O4.2Na/c2*22-14(8-9-16(24)25)17-15(23)10-13(21-18(17)19-11-20-21)7-6-12-4-2-1-3-5-12;;/h1-5,10-11,23H,6-9H2,(H,24,25);1-5,10-11,22H,6-9H2,(H,24,25);;/q;;2*+1/p-2. The van der Waals surface area contributed by atoms with Gasteiger partial charge in [0.25, 0.3) is 0 Å². The number of aryl methyl sites for hydroxylation is 4. The topological polar surface area (TPSA) is 215 Å². The fourth-order valence-electron chi connectivity index (χ4n) is 5.45. The number of nitrogens with zero attached hydrogens (tertiary/aromatic N) is 6. The SMILES string of the molecule is O=C(O)CCC(O)=c1c(=O)cc(CCc2ccccc2)n2ncnc12.O=C([O-])CCC(=O)c1c([O-])cc(CCc2ccccc2)n2ncnc12.[Na+].[Na+]. The Morgan fingerprint density at radius 1 is 0.673 bits per heavy atom. The van der Waals surface area contributed by atoms with Crippen LogP contribution in [0, 0.1) is 0 Å². The molecule has 0 amide bonds. The van der Waals surface area contributed by atoms with E-state index < -0.39 is 29.9 Å². The molecule has 0 saturated heterocycles. The number of Topliss-reactive ketones (excluding diaryl/α,β-unsaturated/α-hetero) is 1. The molecule has 52 heavy (non-hydrogen) atoms. The summed E-state index contributed by atoms with van der Waals surface area (Å²) in [7, 11) is 0. The average Bonchev–Trinajstić information content (AvgIpc) is 3.80. The Hall–Kier alpha value is -4.44. The van der Waals surface area contributed by atoms with Gasteiger partial charge < -0.3 is 25.2 Å². The van der Waals surface area contributed by atoms with Crippen LogP contribution in [0.1, 0.15) is 58.6 Å². The molecule has 6 rings (SSSR count). The molecule has 0 saturated carbocycles. The van der Waals surface area contributed by atoms with Crippen LogP contribution in [-0.4, -0.2) is 57.1 Å². The van der Waals surface area contributed by atoms with E-state index in [-0.39, 0.29) is 112 Å². The molecule has 0 unspecified atom stereocenters. The Balaban J connectivity index is 0.000000270. The number of hydrogen-bond acceptors (Lipinski definition) is 11. The van der Waals surface area contributed by atoms with Gasteiger partial charge in [0.05, 0.1) is 12.0 Å². The fourth-order valence-corrected chi connectivity index (χ4v) is 5.45. The van der Waals surface area contributed by atoms with Gasteiger partial charge in [-0.1, -0.05) is 66.4 Å². The van der Waals surface area contributed by atoms with E-state index in [1.165, 1.54) is 33.8 Å². The smallest absolute Gasteiger partial charge is 0.872 e. The van der Waals surface area contributed by atoms with Crippen LogP contribution in [0.5, 0.6) is 5.75 Å². The fraction of sp³-hybridized carbons (Fsp3) is 0.222. The first-order valence-electron chi connectivity index (χ1n) is 15.8. The average molecular weight is 723 g/mol. The van der Waals surface area contributed by atoms with E-state index in [9.17, 15) is 34.5 Å². The first kappa shape index (κ1) is 42.0. The first-order chi connectivity index (χ1) is 24.1. The van der Waals surface area contributed by atoms with Gasteiger partial charge in [0.2, 0.25) is 0 Å². The van der Waals surface area contributed by atoms with Crippen molar-refractivity contribution in [3.05, 3.63) is 129 Å². The number of carbonyl (C=O) groups excluding carboxylic acids is 2. The zero-order valence-electron chi connectivity index (χ0n) is 28.8. The van der Waals surface area contributed by atoms with Gasteiger partial charge in [-0.15, -0.1) is 0 Å². The summed E-state index contributed by atoms with van der Waals surface area (Å²) in [6.45, 7) is 0.